The lowest BCUT2D eigenvalue weighted by Crippen LogP contribution is -2.17. The molecule has 0 atom stereocenters. The molecule has 0 amide bonds. The Balaban J connectivity index is 2.29. The van der Waals surface area contributed by atoms with Crippen molar-refractivity contribution in [3.8, 4) is 0 Å². The molecule has 0 spiro atoms. The van der Waals surface area contributed by atoms with E-state index in [4.69, 9.17) is 0 Å². The van der Waals surface area contributed by atoms with Gasteiger partial charge in [-0.05, 0) is 40.0 Å². The van der Waals surface area contributed by atoms with Crippen molar-refractivity contribution in [2.45, 2.75) is 26.3 Å². The van der Waals surface area contributed by atoms with Crippen molar-refractivity contribution < 1.29 is 0 Å². The second-order valence-electron chi connectivity index (χ2n) is 4.18. The first-order valence-corrected chi connectivity index (χ1v) is 7.42. The van der Waals surface area contributed by atoms with Crippen LogP contribution in [0.25, 0.3) is 0 Å². The van der Waals surface area contributed by atoms with E-state index in [2.05, 4.69) is 43.9 Å². The van der Waals surface area contributed by atoms with Crippen LogP contribution in [0.15, 0.2) is 38.0 Å². The molecule has 0 bridgehead atoms. The molecule has 96 valence electrons. The molecule has 1 N–H and O–H groups in total. The molecule has 0 radical (unpaired) electrons. The molecule has 2 aromatic rings. The zero-order valence-corrected chi connectivity index (χ0v) is 13.2. The fraction of sp³-hybridized carbons (Fsp3) is 0.308. The summed E-state index contributed by atoms with van der Waals surface area (Å²) in [5, 5.41) is 3.16. The molecule has 0 aliphatic heterocycles. The van der Waals surface area contributed by atoms with Crippen LogP contribution in [0.5, 0.6) is 0 Å². The van der Waals surface area contributed by atoms with Crippen LogP contribution in [-0.2, 0) is 13.0 Å². The first kappa shape index (κ1) is 13.6. The van der Waals surface area contributed by atoms with E-state index in [9.17, 15) is 4.79 Å². The molecule has 0 unspecified atom stereocenters. The Bertz CT molecular complexity index is 601. The van der Waals surface area contributed by atoms with Gasteiger partial charge in [-0.2, -0.15) is 0 Å². The van der Waals surface area contributed by atoms with Crippen LogP contribution in [-0.4, -0.2) is 9.78 Å². The fourth-order valence-corrected chi connectivity index (χ4v) is 2.80. The average molecular weight is 374 g/mol. The Morgan fingerprint density at radius 3 is 2.78 bits per heavy atom. The van der Waals surface area contributed by atoms with E-state index >= 15 is 0 Å². The molecule has 3 nitrogen and oxygen atoms in total. The highest BCUT2D eigenvalue weighted by Crippen LogP contribution is 2.14. The number of aromatic amines is 1. The predicted molar refractivity (Wildman–Crippen MR) is 80.0 cm³/mol. The van der Waals surface area contributed by atoms with Gasteiger partial charge in [-0.25, -0.2) is 4.68 Å². The van der Waals surface area contributed by atoms with E-state index in [1.54, 1.807) is 4.68 Å². The highest BCUT2D eigenvalue weighted by atomic mass is 79.9. The van der Waals surface area contributed by atoms with Crippen LogP contribution >= 0.6 is 31.9 Å². The summed E-state index contributed by atoms with van der Waals surface area (Å²) in [5.74, 6) is 0. The third-order valence-corrected chi connectivity index (χ3v) is 4.01. The molecule has 1 aromatic heterocycles. The van der Waals surface area contributed by atoms with Crippen LogP contribution < -0.4 is 5.56 Å². The number of aromatic nitrogens is 2. The maximum atomic E-state index is 12.0. The average Bonchev–Trinajstić information content (AvgIpc) is 2.59. The van der Waals surface area contributed by atoms with Gasteiger partial charge in [-0.15, -0.1) is 0 Å². The number of nitrogens with zero attached hydrogens (tertiary/aromatic N) is 1. The maximum absolute atomic E-state index is 12.0. The summed E-state index contributed by atoms with van der Waals surface area (Å²) in [5.41, 5.74) is 2.05. The minimum absolute atomic E-state index is 0.00146. The zero-order valence-electron chi connectivity index (χ0n) is 10.0. The van der Waals surface area contributed by atoms with Gasteiger partial charge in [-0.1, -0.05) is 41.4 Å². The molecule has 5 heteroatoms. The predicted octanol–water partition coefficient (Wildman–Crippen LogP) is 3.70. The Morgan fingerprint density at radius 1 is 1.33 bits per heavy atom. The molecule has 0 aliphatic carbocycles. The summed E-state index contributed by atoms with van der Waals surface area (Å²) in [7, 11) is 0. The minimum atomic E-state index is -0.00146. The normalized spacial score (nSPS) is 10.8. The van der Waals surface area contributed by atoms with Gasteiger partial charge in [0.15, 0.2) is 0 Å². The van der Waals surface area contributed by atoms with Gasteiger partial charge < -0.3 is 0 Å². The van der Waals surface area contributed by atoms with Gasteiger partial charge in [-0.3, -0.25) is 9.89 Å². The van der Waals surface area contributed by atoms with Crippen molar-refractivity contribution in [3.05, 3.63) is 54.8 Å². The number of nitrogens with one attached hydrogen (secondary N) is 1. The van der Waals surface area contributed by atoms with Gasteiger partial charge in [0.2, 0.25) is 0 Å². The van der Waals surface area contributed by atoms with Crippen molar-refractivity contribution in [2.24, 2.45) is 0 Å². The van der Waals surface area contributed by atoms with Crippen LogP contribution in [0.1, 0.15) is 24.6 Å². The van der Waals surface area contributed by atoms with Crippen molar-refractivity contribution in [1.82, 2.24) is 9.78 Å². The van der Waals surface area contributed by atoms with Crippen LogP contribution in [0, 0.1) is 0 Å². The Morgan fingerprint density at radius 2 is 2.11 bits per heavy atom. The highest BCUT2D eigenvalue weighted by Gasteiger charge is 2.10. The number of H-pyrrole nitrogens is 1. The van der Waals surface area contributed by atoms with Gasteiger partial charge in [0.05, 0.1) is 12.2 Å². The van der Waals surface area contributed by atoms with E-state index in [-0.39, 0.29) is 5.56 Å². The molecule has 2 rings (SSSR count). The Hall–Kier alpha value is -0.810. The van der Waals surface area contributed by atoms with E-state index in [1.807, 2.05) is 24.3 Å². The highest BCUT2D eigenvalue weighted by molar-refractivity contribution is 9.10. The molecule has 18 heavy (non-hydrogen) atoms. The minimum Gasteiger partial charge on any atom is -0.298 e. The number of rotatable bonds is 4. The number of halogens is 2. The van der Waals surface area contributed by atoms with E-state index < -0.39 is 0 Å². The molecular formula is C13H14Br2N2O. The summed E-state index contributed by atoms with van der Waals surface area (Å²) in [4.78, 5) is 12.0. The second-order valence-corrected chi connectivity index (χ2v) is 5.88. The second kappa shape index (κ2) is 5.89. The van der Waals surface area contributed by atoms with Gasteiger partial charge >= 0.3 is 0 Å². The van der Waals surface area contributed by atoms with Gasteiger partial charge in [0.25, 0.3) is 5.56 Å². The van der Waals surface area contributed by atoms with Crippen molar-refractivity contribution >= 4 is 31.9 Å². The smallest absolute Gasteiger partial charge is 0.281 e. The van der Waals surface area contributed by atoms with Crippen molar-refractivity contribution in [2.75, 3.05) is 0 Å². The van der Waals surface area contributed by atoms with Gasteiger partial charge in [0, 0.05) is 4.47 Å². The molecular weight excluding hydrogens is 360 g/mol. The van der Waals surface area contributed by atoms with E-state index in [0.717, 1.165) is 28.6 Å². The third-order valence-electron chi connectivity index (χ3n) is 2.70. The number of aryl methyl sites for hydroxylation is 1. The van der Waals surface area contributed by atoms with Crippen molar-refractivity contribution in [3.63, 3.8) is 0 Å². The topological polar surface area (TPSA) is 37.8 Å². The molecule has 1 aromatic carbocycles. The molecule has 0 aliphatic rings. The number of hydrogen-bond donors (Lipinski definition) is 1. The Kier molecular flexibility index (Phi) is 4.45. The summed E-state index contributed by atoms with van der Waals surface area (Å²) in [6.45, 7) is 2.65. The molecule has 0 saturated carbocycles. The standard InChI is InChI=1S/C13H14Br2N2O/c1-2-4-11-12(15)13(18)17(16-11)8-9-5-3-6-10(14)7-9/h3,5-7,16H,2,4,8H2,1H3. The third kappa shape index (κ3) is 2.95. The maximum Gasteiger partial charge on any atom is 0.281 e. The van der Waals surface area contributed by atoms with Crippen molar-refractivity contribution in [1.29, 1.82) is 0 Å². The van der Waals surface area contributed by atoms with Crippen LogP contribution in [0.2, 0.25) is 0 Å². The summed E-state index contributed by atoms with van der Waals surface area (Å²) < 4.78 is 3.31. The lowest BCUT2D eigenvalue weighted by atomic mass is 10.2. The zero-order chi connectivity index (χ0) is 13.1. The number of hydrogen-bond acceptors (Lipinski definition) is 1. The summed E-state index contributed by atoms with van der Waals surface area (Å²) >= 11 is 6.79. The monoisotopic (exact) mass is 372 g/mol. The van der Waals surface area contributed by atoms with E-state index in [0.29, 0.717) is 11.0 Å². The largest absolute Gasteiger partial charge is 0.298 e. The molecule has 1 heterocycles. The molecule has 0 saturated heterocycles. The first-order chi connectivity index (χ1) is 8.61. The number of benzene rings is 1. The van der Waals surface area contributed by atoms with Crippen LogP contribution in [0.3, 0.4) is 0 Å². The first-order valence-electron chi connectivity index (χ1n) is 5.83. The van der Waals surface area contributed by atoms with E-state index in [1.165, 1.54) is 0 Å². The lowest BCUT2D eigenvalue weighted by Gasteiger charge is -2.03. The summed E-state index contributed by atoms with van der Waals surface area (Å²) in [6, 6.07) is 7.96. The lowest BCUT2D eigenvalue weighted by molar-refractivity contribution is 0.648. The SMILES string of the molecule is CCCc1[nH]n(Cc2cccc(Br)c2)c(=O)c1Br. The van der Waals surface area contributed by atoms with Crippen LogP contribution in [0.4, 0.5) is 0 Å². The fourth-order valence-electron chi connectivity index (χ4n) is 1.86. The summed E-state index contributed by atoms with van der Waals surface area (Å²) in [6.07, 6.45) is 1.89. The Labute approximate surface area is 122 Å². The van der Waals surface area contributed by atoms with Gasteiger partial charge in [0.1, 0.15) is 4.47 Å². The quantitative estimate of drug-likeness (QED) is 0.871. The molecule has 0 fully saturated rings.